The molecule has 0 amide bonds. The van der Waals surface area contributed by atoms with Gasteiger partial charge in [-0.05, 0) is 49.2 Å². The first-order valence-electron chi connectivity index (χ1n) is 8.72. The van der Waals surface area contributed by atoms with E-state index in [1.165, 1.54) is 12.1 Å². The molecule has 0 fully saturated rings. The van der Waals surface area contributed by atoms with Crippen molar-refractivity contribution in [2.45, 2.75) is 26.9 Å². The van der Waals surface area contributed by atoms with Crippen LogP contribution in [-0.2, 0) is 13.1 Å². The number of ether oxygens (including phenoxy) is 2. The van der Waals surface area contributed by atoms with Gasteiger partial charge in [0.2, 0.25) is 0 Å². The van der Waals surface area contributed by atoms with Gasteiger partial charge >= 0.3 is 0 Å². The summed E-state index contributed by atoms with van der Waals surface area (Å²) in [4.78, 5) is 4.50. The van der Waals surface area contributed by atoms with E-state index >= 15 is 0 Å². The first-order valence-corrected chi connectivity index (χ1v) is 8.72. The molecule has 0 atom stereocenters. The minimum Gasteiger partial charge on any atom is -0.493 e. The molecule has 2 aromatic rings. The molecule has 0 aromatic heterocycles. The zero-order chi connectivity index (χ0) is 18.8. The molecule has 0 bridgehead atoms. The molecule has 0 heterocycles. The average molecular weight is 487 g/mol. The van der Waals surface area contributed by atoms with Crippen molar-refractivity contribution < 1.29 is 13.9 Å². The molecule has 0 radical (unpaired) electrons. The van der Waals surface area contributed by atoms with Gasteiger partial charge < -0.3 is 20.1 Å². The standard InChI is InChI=1S/C20H26FN3O2.HI/c1-4-22-20(23-13-15-7-6-8-17(21)11-15)24-14-16-9-10-18(26-5-2)19(12-16)25-3;/h6-12H,4-5,13-14H2,1-3H3,(H2,22,23,24);1H. The summed E-state index contributed by atoms with van der Waals surface area (Å²) < 4.78 is 24.2. The summed E-state index contributed by atoms with van der Waals surface area (Å²) >= 11 is 0. The van der Waals surface area contributed by atoms with E-state index in [1.54, 1.807) is 13.2 Å². The minimum absolute atomic E-state index is 0. The van der Waals surface area contributed by atoms with Gasteiger partial charge in [0, 0.05) is 13.1 Å². The number of benzene rings is 2. The number of nitrogens with zero attached hydrogens (tertiary/aromatic N) is 1. The second-order valence-corrected chi connectivity index (χ2v) is 5.60. The molecule has 27 heavy (non-hydrogen) atoms. The van der Waals surface area contributed by atoms with Crippen molar-refractivity contribution in [2.24, 2.45) is 4.99 Å². The van der Waals surface area contributed by atoms with E-state index in [0.717, 1.165) is 23.4 Å². The number of guanidine groups is 1. The Kier molecular flexibility index (Phi) is 10.5. The van der Waals surface area contributed by atoms with Gasteiger partial charge in [-0.15, -0.1) is 24.0 Å². The Balaban J connectivity index is 0.00000364. The molecule has 0 spiro atoms. The first-order chi connectivity index (χ1) is 12.7. The lowest BCUT2D eigenvalue weighted by atomic mass is 10.2. The Bertz CT molecular complexity index is 741. The molecule has 0 saturated heterocycles. The number of hydrogen-bond acceptors (Lipinski definition) is 3. The Morgan fingerprint density at radius 1 is 1.04 bits per heavy atom. The predicted octanol–water partition coefficient (Wildman–Crippen LogP) is 4.11. The van der Waals surface area contributed by atoms with E-state index in [1.807, 2.05) is 38.1 Å². The summed E-state index contributed by atoms with van der Waals surface area (Å²) in [6.07, 6.45) is 0. The highest BCUT2D eigenvalue weighted by Crippen LogP contribution is 2.27. The van der Waals surface area contributed by atoms with E-state index in [2.05, 4.69) is 15.6 Å². The minimum atomic E-state index is -0.253. The smallest absolute Gasteiger partial charge is 0.191 e. The van der Waals surface area contributed by atoms with Crippen molar-refractivity contribution in [3.63, 3.8) is 0 Å². The normalized spacial score (nSPS) is 10.7. The molecule has 0 saturated carbocycles. The third-order valence-electron chi connectivity index (χ3n) is 3.64. The second-order valence-electron chi connectivity index (χ2n) is 5.60. The summed E-state index contributed by atoms with van der Waals surface area (Å²) in [5, 5.41) is 6.46. The Hall–Kier alpha value is -2.03. The van der Waals surface area contributed by atoms with Crippen LogP contribution in [0.5, 0.6) is 11.5 Å². The number of nitrogens with one attached hydrogen (secondary N) is 2. The molecule has 0 aliphatic heterocycles. The van der Waals surface area contributed by atoms with Crippen molar-refractivity contribution in [1.29, 1.82) is 0 Å². The molecule has 0 unspecified atom stereocenters. The number of aliphatic imine (C=N–C) groups is 1. The van der Waals surface area contributed by atoms with Gasteiger partial charge in [-0.25, -0.2) is 9.38 Å². The van der Waals surface area contributed by atoms with Crippen LogP contribution >= 0.6 is 24.0 Å². The maximum Gasteiger partial charge on any atom is 0.191 e. The lowest BCUT2D eigenvalue weighted by molar-refractivity contribution is 0.310. The molecule has 148 valence electrons. The van der Waals surface area contributed by atoms with Gasteiger partial charge in [0.05, 0.1) is 20.3 Å². The van der Waals surface area contributed by atoms with Gasteiger partial charge in [0.25, 0.3) is 0 Å². The molecule has 5 nitrogen and oxygen atoms in total. The summed E-state index contributed by atoms with van der Waals surface area (Å²) in [5.41, 5.74) is 1.87. The van der Waals surface area contributed by atoms with E-state index < -0.39 is 0 Å². The van der Waals surface area contributed by atoms with E-state index in [4.69, 9.17) is 9.47 Å². The summed E-state index contributed by atoms with van der Waals surface area (Å²) in [6.45, 7) is 6.25. The maximum absolute atomic E-state index is 13.3. The highest BCUT2D eigenvalue weighted by Gasteiger charge is 2.06. The Morgan fingerprint density at radius 3 is 2.52 bits per heavy atom. The quantitative estimate of drug-likeness (QED) is 0.335. The summed E-state index contributed by atoms with van der Waals surface area (Å²) in [6, 6.07) is 12.3. The maximum atomic E-state index is 13.3. The van der Waals surface area contributed by atoms with Crippen LogP contribution in [0.1, 0.15) is 25.0 Å². The highest BCUT2D eigenvalue weighted by atomic mass is 127. The van der Waals surface area contributed by atoms with Gasteiger partial charge in [0.15, 0.2) is 17.5 Å². The topological polar surface area (TPSA) is 54.9 Å². The third-order valence-corrected chi connectivity index (χ3v) is 3.64. The average Bonchev–Trinajstić information content (AvgIpc) is 2.65. The largest absolute Gasteiger partial charge is 0.493 e. The van der Waals surface area contributed by atoms with E-state index in [9.17, 15) is 4.39 Å². The van der Waals surface area contributed by atoms with Crippen LogP contribution in [0.2, 0.25) is 0 Å². The predicted molar refractivity (Wildman–Crippen MR) is 118 cm³/mol. The van der Waals surface area contributed by atoms with Crippen LogP contribution in [0, 0.1) is 5.82 Å². The van der Waals surface area contributed by atoms with Gasteiger partial charge in [-0.1, -0.05) is 18.2 Å². The van der Waals surface area contributed by atoms with Crippen LogP contribution in [0.25, 0.3) is 0 Å². The molecular weight excluding hydrogens is 460 g/mol. The van der Waals surface area contributed by atoms with Crippen LogP contribution in [0.15, 0.2) is 47.5 Å². The van der Waals surface area contributed by atoms with Crippen molar-refractivity contribution in [2.75, 3.05) is 20.3 Å². The van der Waals surface area contributed by atoms with Crippen molar-refractivity contribution in [3.05, 3.63) is 59.4 Å². The molecule has 2 aromatic carbocycles. The number of methoxy groups -OCH3 is 1. The van der Waals surface area contributed by atoms with Gasteiger partial charge in [-0.2, -0.15) is 0 Å². The third kappa shape index (κ3) is 7.62. The van der Waals surface area contributed by atoms with Crippen LogP contribution in [0.4, 0.5) is 4.39 Å². The lowest BCUT2D eigenvalue weighted by Crippen LogP contribution is -2.36. The second kappa shape index (κ2) is 12.4. The van der Waals surface area contributed by atoms with Crippen molar-refractivity contribution in [3.8, 4) is 11.5 Å². The molecule has 2 N–H and O–H groups in total. The fourth-order valence-electron chi connectivity index (χ4n) is 2.43. The zero-order valence-electron chi connectivity index (χ0n) is 15.9. The Labute approximate surface area is 177 Å². The first kappa shape index (κ1) is 23.0. The fraction of sp³-hybridized carbons (Fsp3) is 0.350. The number of rotatable bonds is 8. The molecule has 0 aliphatic carbocycles. The summed E-state index contributed by atoms with van der Waals surface area (Å²) in [5.74, 6) is 1.85. The van der Waals surface area contributed by atoms with Crippen LogP contribution in [-0.4, -0.2) is 26.2 Å². The monoisotopic (exact) mass is 487 g/mol. The molecule has 0 aliphatic rings. The van der Waals surface area contributed by atoms with Crippen molar-refractivity contribution in [1.82, 2.24) is 10.6 Å². The molecular formula is C20H27FIN3O2. The zero-order valence-corrected chi connectivity index (χ0v) is 18.3. The van der Waals surface area contributed by atoms with Crippen LogP contribution < -0.4 is 20.1 Å². The van der Waals surface area contributed by atoms with Crippen LogP contribution in [0.3, 0.4) is 0 Å². The molecule has 2 rings (SSSR count). The van der Waals surface area contributed by atoms with E-state index in [-0.39, 0.29) is 29.8 Å². The summed E-state index contributed by atoms with van der Waals surface area (Å²) in [7, 11) is 1.62. The lowest BCUT2D eigenvalue weighted by Gasteiger charge is -2.14. The fourth-order valence-corrected chi connectivity index (χ4v) is 2.43. The van der Waals surface area contributed by atoms with E-state index in [0.29, 0.717) is 31.4 Å². The Morgan fingerprint density at radius 2 is 1.85 bits per heavy atom. The number of halogens is 2. The van der Waals surface area contributed by atoms with Gasteiger partial charge in [-0.3, -0.25) is 0 Å². The van der Waals surface area contributed by atoms with Gasteiger partial charge in [0.1, 0.15) is 5.82 Å². The SMILES string of the molecule is CCNC(=NCc1cccc(F)c1)NCc1ccc(OCC)c(OC)c1.I. The molecule has 7 heteroatoms. The number of hydrogen-bond donors (Lipinski definition) is 2. The van der Waals surface area contributed by atoms with Crippen molar-refractivity contribution >= 4 is 29.9 Å². The highest BCUT2D eigenvalue weighted by molar-refractivity contribution is 14.0.